The molecule has 0 unspecified atom stereocenters. The summed E-state index contributed by atoms with van der Waals surface area (Å²) in [4.78, 5) is 11.8. The molecule has 5 nitrogen and oxygen atoms in total. The van der Waals surface area contributed by atoms with E-state index in [1.165, 1.54) is 0 Å². The van der Waals surface area contributed by atoms with Crippen molar-refractivity contribution in [1.29, 1.82) is 0 Å². The van der Waals surface area contributed by atoms with Gasteiger partial charge in [-0.05, 0) is 72.1 Å². The monoisotopic (exact) mass is 312 g/mol. The number of hydrogen-bond acceptors (Lipinski definition) is 4. The number of hydrogen-bond donors (Lipinski definition) is 3. The molecule has 2 aliphatic carbocycles. The van der Waals surface area contributed by atoms with Gasteiger partial charge in [-0.15, -0.1) is 0 Å². The van der Waals surface area contributed by atoms with E-state index in [-0.39, 0.29) is 18.2 Å². The van der Waals surface area contributed by atoms with Gasteiger partial charge in [-0.3, -0.25) is 0 Å². The minimum atomic E-state index is -0.436. The van der Waals surface area contributed by atoms with E-state index in [0.717, 1.165) is 51.4 Å². The van der Waals surface area contributed by atoms with Crippen molar-refractivity contribution in [3.63, 3.8) is 0 Å². The minimum Gasteiger partial charge on any atom is -0.444 e. The highest BCUT2D eigenvalue weighted by Crippen LogP contribution is 2.23. The van der Waals surface area contributed by atoms with Crippen LogP contribution in [0.2, 0.25) is 0 Å². The van der Waals surface area contributed by atoms with Crippen molar-refractivity contribution >= 4 is 6.09 Å². The molecule has 0 aromatic rings. The molecule has 128 valence electrons. The van der Waals surface area contributed by atoms with Gasteiger partial charge in [0.15, 0.2) is 0 Å². The lowest BCUT2D eigenvalue weighted by molar-refractivity contribution is 0.0488. The van der Waals surface area contributed by atoms with Crippen molar-refractivity contribution in [1.82, 2.24) is 10.6 Å². The zero-order valence-electron chi connectivity index (χ0n) is 14.2. The molecule has 0 radical (unpaired) electrons. The van der Waals surface area contributed by atoms with Crippen LogP contribution in [0.1, 0.15) is 72.1 Å². The molecule has 0 spiro atoms. The van der Waals surface area contributed by atoms with Gasteiger partial charge in [0.1, 0.15) is 5.60 Å². The lowest BCUT2D eigenvalue weighted by Gasteiger charge is -2.35. The van der Waals surface area contributed by atoms with Crippen molar-refractivity contribution in [3.8, 4) is 0 Å². The van der Waals surface area contributed by atoms with E-state index >= 15 is 0 Å². The molecule has 2 rings (SSSR count). The Kier molecular flexibility index (Phi) is 6.09. The van der Waals surface area contributed by atoms with Gasteiger partial charge < -0.3 is 20.5 Å². The van der Waals surface area contributed by atoms with Gasteiger partial charge in [0.25, 0.3) is 0 Å². The van der Waals surface area contributed by atoms with E-state index < -0.39 is 5.60 Å². The molecule has 2 aliphatic rings. The summed E-state index contributed by atoms with van der Waals surface area (Å²) in [6.45, 7) is 5.65. The zero-order chi connectivity index (χ0) is 16.2. The van der Waals surface area contributed by atoms with Crippen LogP contribution in [0, 0.1) is 0 Å². The Hall–Kier alpha value is -0.810. The third kappa shape index (κ3) is 6.13. The van der Waals surface area contributed by atoms with Crippen LogP contribution in [0.3, 0.4) is 0 Å². The Labute approximate surface area is 134 Å². The topological polar surface area (TPSA) is 70.6 Å². The quantitative estimate of drug-likeness (QED) is 0.749. The van der Waals surface area contributed by atoms with Crippen LogP contribution < -0.4 is 10.6 Å². The molecular weight excluding hydrogens is 280 g/mol. The van der Waals surface area contributed by atoms with Crippen LogP contribution in [0.4, 0.5) is 4.79 Å². The average molecular weight is 312 g/mol. The van der Waals surface area contributed by atoms with E-state index in [9.17, 15) is 9.90 Å². The van der Waals surface area contributed by atoms with E-state index in [1.54, 1.807) is 0 Å². The second kappa shape index (κ2) is 7.64. The first-order valence-electron chi connectivity index (χ1n) is 8.75. The van der Waals surface area contributed by atoms with Gasteiger partial charge in [0.2, 0.25) is 0 Å². The van der Waals surface area contributed by atoms with E-state index in [4.69, 9.17) is 4.74 Å². The van der Waals surface area contributed by atoms with Crippen molar-refractivity contribution in [3.05, 3.63) is 0 Å². The maximum absolute atomic E-state index is 11.8. The molecule has 0 atom stereocenters. The Bertz CT molecular complexity index is 351. The van der Waals surface area contributed by atoms with E-state index in [2.05, 4.69) is 10.6 Å². The number of ether oxygens (including phenoxy) is 1. The van der Waals surface area contributed by atoms with Gasteiger partial charge in [0, 0.05) is 18.1 Å². The maximum Gasteiger partial charge on any atom is 0.407 e. The van der Waals surface area contributed by atoms with E-state index in [0.29, 0.717) is 12.1 Å². The summed E-state index contributed by atoms with van der Waals surface area (Å²) >= 11 is 0. The van der Waals surface area contributed by atoms with Crippen molar-refractivity contribution < 1.29 is 14.6 Å². The number of aliphatic hydroxyl groups is 1. The molecule has 5 heteroatoms. The van der Waals surface area contributed by atoms with E-state index in [1.807, 2.05) is 20.8 Å². The predicted octanol–water partition coefficient (Wildman–Crippen LogP) is 2.72. The summed E-state index contributed by atoms with van der Waals surface area (Å²) < 4.78 is 5.31. The molecule has 0 heterocycles. The number of alkyl carbamates (subject to hydrolysis) is 1. The maximum atomic E-state index is 11.8. The summed E-state index contributed by atoms with van der Waals surface area (Å²) in [7, 11) is 0. The molecule has 2 fully saturated rings. The van der Waals surface area contributed by atoms with Crippen LogP contribution >= 0.6 is 0 Å². The first-order valence-corrected chi connectivity index (χ1v) is 8.75. The molecule has 22 heavy (non-hydrogen) atoms. The standard InChI is InChI=1S/C17H32N2O3/c1-17(2,3)22-16(21)19-14-6-4-12(5-7-14)18-13-8-10-15(20)11-9-13/h12-15,18,20H,4-11H2,1-3H3,(H,19,21). The largest absolute Gasteiger partial charge is 0.444 e. The normalized spacial score (nSPS) is 33.3. The molecule has 0 saturated heterocycles. The van der Waals surface area contributed by atoms with Crippen LogP contribution in [0.5, 0.6) is 0 Å². The van der Waals surface area contributed by atoms with Gasteiger partial charge >= 0.3 is 6.09 Å². The molecule has 3 N–H and O–H groups in total. The van der Waals surface area contributed by atoms with Crippen LogP contribution in [0.25, 0.3) is 0 Å². The number of rotatable bonds is 3. The minimum absolute atomic E-state index is 0.0909. The van der Waals surface area contributed by atoms with Gasteiger partial charge in [-0.1, -0.05) is 0 Å². The number of nitrogens with one attached hydrogen (secondary N) is 2. The average Bonchev–Trinajstić information content (AvgIpc) is 2.41. The first-order chi connectivity index (χ1) is 10.3. The second-order valence-corrected chi connectivity index (χ2v) is 7.87. The van der Waals surface area contributed by atoms with Crippen molar-refractivity contribution in [2.24, 2.45) is 0 Å². The Morgan fingerprint density at radius 2 is 1.36 bits per heavy atom. The molecule has 2 saturated carbocycles. The Balaban J connectivity index is 1.64. The summed E-state index contributed by atoms with van der Waals surface area (Å²) in [6.07, 6.45) is 7.82. The fourth-order valence-corrected chi connectivity index (χ4v) is 3.45. The summed E-state index contributed by atoms with van der Waals surface area (Å²) in [5, 5.41) is 16.3. The molecule has 0 aromatic heterocycles. The summed E-state index contributed by atoms with van der Waals surface area (Å²) in [6, 6.07) is 1.35. The fourth-order valence-electron chi connectivity index (χ4n) is 3.45. The number of carbonyl (C=O) groups excluding carboxylic acids is 1. The fraction of sp³-hybridized carbons (Fsp3) is 0.941. The van der Waals surface area contributed by atoms with Gasteiger partial charge in [-0.25, -0.2) is 4.79 Å². The molecule has 0 aromatic carbocycles. The molecule has 0 aliphatic heterocycles. The Morgan fingerprint density at radius 3 is 1.86 bits per heavy atom. The highest BCUT2D eigenvalue weighted by atomic mass is 16.6. The first kappa shape index (κ1) is 17.5. The van der Waals surface area contributed by atoms with Crippen LogP contribution in [-0.2, 0) is 4.74 Å². The summed E-state index contributed by atoms with van der Waals surface area (Å²) in [5.74, 6) is 0. The lowest BCUT2D eigenvalue weighted by atomic mass is 9.88. The van der Waals surface area contributed by atoms with Crippen LogP contribution in [-0.4, -0.2) is 41.0 Å². The SMILES string of the molecule is CC(C)(C)OC(=O)NC1CCC(NC2CCC(O)CC2)CC1. The summed E-state index contributed by atoms with van der Waals surface area (Å²) in [5.41, 5.74) is -0.436. The highest BCUT2D eigenvalue weighted by Gasteiger charge is 2.27. The highest BCUT2D eigenvalue weighted by molar-refractivity contribution is 5.68. The third-order valence-electron chi connectivity index (χ3n) is 4.62. The van der Waals surface area contributed by atoms with Gasteiger partial charge in [-0.2, -0.15) is 0 Å². The van der Waals surface area contributed by atoms with Crippen molar-refractivity contribution in [2.75, 3.05) is 0 Å². The second-order valence-electron chi connectivity index (χ2n) is 7.87. The van der Waals surface area contributed by atoms with Gasteiger partial charge in [0.05, 0.1) is 6.10 Å². The number of amides is 1. The zero-order valence-corrected chi connectivity index (χ0v) is 14.2. The smallest absolute Gasteiger partial charge is 0.407 e. The predicted molar refractivity (Wildman–Crippen MR) is 86.8 cm³/mol. The number of aliphatic hydroxyl groups excluding tert-OH is 1. The molecule has 0 bridgehead atoms. The van der Waals surface area contributed by atoms with Crippen LogP contribution in [0.15, 0.2) is 0 Å². The van der Waals surface area contributed by atoms with Crippen molar-refractivity contribution in [2.45, 2.75) is 102 Å². The molecular formula is C17H32N2O3. The number of carbonyl (C=O) groups is 1. The Morgan fingerprint density at radius 1 is 0.909 bits per heavy atom. The molecule has 1 amide bonds. The lowest BCUT2D eigenvalue weighted by Crippen LogP contribution is -2.47. The third-order valence-corrected chi connectivity index (χ3v) is 4.62.